The molecule has 2 atom stereocenters. The smallest absolute Gasteiger partial charge is 0.00146 e. The zero-order valence-electron chi connectivity index (χ0n) is 10.4. The van der Waals surface area contributed by atoms with Crippen LogP contribution in [0.25, 0.3) is 0 Å². The number of nitrogens with one attached hydrogen (secondary N) is 1. The van der Waals surface area contributed by atoms with Gasteiger partial charge in [-0.3, -0.25) is 0 Å². The van der Waals surface area contributed by atoms with E-state index in [-0.39, 0.29) is 0 Å². The Morgan fingerprint density at radius 1 is 1.44 bits per heavy atom. The van der Waals surface area contributed by atoms with E-state index in [0.717, 1.165) is 24.3 Å². The second-order valence-electron chi connectivity index (χ2n) is 5.41. The van der Waals surface area contributed by atoms with E-state index in [1.807, 2.05) is 11.3 Å². The fourth-order valence-corrected chi connectivity index (χ4v) is 3.49. The van der Waals surface area contributed by atoms with Crippen LogP contribution in [-0.2, 0) is 0 Å². The van der Waals surface area contributed by atoms with Crippen LogP contribution in [0.2, 0.25) is 0 Å². The summed E-state index contributed by atoms with van der Waals surface area (Å²) in [4.78, 5) is 0. The minimum atomic E-state index is 0.765. The second kappa shape index (κ2) is 5.83. The molecule has 1 nitrogen and oxygen atoms in total. The van der Waals surface area contributed by atoms with Crippen LogP contribution in [0, 0.1) is 11.8 Å². The van der Waals surface area contributed by atoms with Gasteiger partial charge in [0.25, 0.3) is 0 Å². The molecule has 0 amide bonds. The Hall–Kier alpha value is -0.340. The Morgan fingerprint density at radius 3 is 3.00 bits per heavy atom. The van der Waals surface area contributed by atoms with Crippen molar-refractivity contribution in [1.82, 2.24) is 5.32 Å². The molecule has 0 bridgehead atoms. The number of hydrogen-bond acceptors (Lipinski definition) is 2. The first-order valence-electron chi connectivity index (χ1n) is 6.50. The van der Waals surface area contributed by atoms with Gasteiger partial charge in [-0.2, -0.15) is 11.3 Å². The minimum Gasteiger partial charge on any atom is -0.316 e. The van der Waals surface area contributed by atoms with Crippen molar-refractivity contribution >= 4 is 11.3 Å². The number of hydrogen-bond donors (Lipinski definition) is 1. The summed E-state index contributed by atoms with van der Waals surface area (Å²) in [5.41, 5.74) is 1.58. The predicted octanol–water partition coefficient (Wildman–Crippen LogP) is 3.88. The van der Waals surface area contributed by atoms with Gasteiger partial charge in [-0.1, -0.05) is 20.3 Å². The Kier molecular flexibility index (Phi) is 4.42. The lowest BCUT2D eigenvalue weighted by Gasteiger charge is -2.20. The summed E-state index contributed by atoms with van der Waals surface area (Å²) >= 11 is 1.84. The average Bonchev–Trinajstić information content (AvgIpc) is 2.84. The highest BCUT2D eigenvalue weighted by Crippen LogP contribution is 2.39. The van der Waals surface area contributed by atoms with Crippen LogP contribution in [-0.4, -0.2) is 13.1 Å². The molecule has 2 unspecified atom stereocenters. The SMILES string of the molecule is CC(C)CNCC1CCCC1c1ccsc1. The monoisotopic (exact) mass is 237 g/mol. The molecular weight excluding hydrogens is 214 g/mol. The molecule has 0 aromatic carbocycles. The quantitative estimate of drug-likeness (QED) is 0.819. The van der Waals surface area contributed by atoms with Crippen LogP contribution in [0.1, 0.15) is 44.6 Å². The molecule has 0 radical (unpaired) electrons. The lowest BCUT2D eigenvalue weighted by molar-refractivity contribution is 0.425. The summed E-state index contributed by atoms with van der Waals surface area (Å²) in [6, 6.07) is 2.32. The molecule has 1 N–H and O–H groups in total. The minimum absolute atomic E-state index is 0.765. The zero-order chi connectivity index (χ0) is 11.4. The number of rotatable bonds is 5. The van der Waals surface area contributed by atoms with Gasteiger partial charge in [-0.05, 0) is 66.1 Å². The van der Waals surface area contributed by atoms with E-state index in [0.29, 0.717) is 0 Å². The van der Waals surface area contributed by atoms with E-state index in [4.69, 9.17) is 0 Å². The molecule has 0 saturated heterocycles. The Bertz CT molecular complexity index is 292. The highest BCUT2D eigenvalue weighted by Gasteiger charge is 2.28. The summed E-state index contributed by atoms with van der Waals surface area (Å²) in [5, 5.41) is 8.18. The molecule has 90 valence electrons. The van der Waals surface area contributed by atoms with E-state index < -0.39 is 0 Å². The van der Waals surface area contributed by atoms with E-state index in [9.17, 15) is 0 Å². The third-order valence-electron chi connectivity index (χ3n) is 3.59. The van der Waals surface area contributed by atoms with Gasteiger partial charge in [0, 0.05) is 0 Å². The van der Waals surface area contributed by atoms with Crippen molar-refractivity contribution in [2.45, 2.75) is 39.0 Å². The Labute approximate surface area is 103 Å². The first-order valence-corrected chi connectivity index (χ1v) is 7.44. The maximum absolute atomic E-state index is 3.62. The average molecular weight is 237 g/mol. The number of thiophene rings is 1. The predicted molar refractivity (Wildman–Crippen MR) is 72.1 cm³/mol. The van der Waals surface area contributed by atoms with Gasteiger partial charge in [-0.15, -0.1) is 0 Å². The first kappa shape index (κ1) is 12.1. The molecule has 1 aliphatic carbocycles. The molecule has 1 heterocycles. The van der Waals surface area contributed by atoms with Crippen LogP contribution in [0.5, 0.6) is 0 Å². The molecule has 0 aliphatic heterocycles. The van der Waals surface area contributed by atoms with Crippen molar-refractivity contribution < 1.29 is 0 Å². The fourth-order valence-electron chi connectivity index (χ4n) is 2.76. The molecule has 1 fully saturated rings. The molecule has 2 heteroatoms. The molecule has 16 heavy (non-hydrogen) atoms. The molecule has 1 aliphatic rings. The van der Waals surface area contributed by atoms with Crippen molar-refractivity contribution in [2.75, 3.05) is 13.1 Å². The van der Waals surface area contributed by atoms with E-state index in [2.05, 4.69) is 36.0 Å². The third-order valence-corrected chi connectivity index (χ3v) is 4.29. The van der Waals surface area contributed by atoms with E-state index >= 15 is 0 Å². The molecule has 1 aromatic heterocycles. The highest BCUT2D eigenvalue weighted by atomic mass is 32.1. The second-order valence-corrected chi connectivity index (χ2v) is 6.19. The lowest BCUT2D eigenvalue weighted by Crippen LogP contribution is -2.27. The summed E-state index contributed by atoms with van der Waals surface area (Å²) < 4.78 is 0. The van der Waals surface area contributed by atoms with Crippen LogP contribution in [0.15, 0.2) is 16.8 Å². The fraction of sp³-hybridized carbons (Fsp3) is 0.714. The molecular formula is C14H23NS. The summed E-state index contributed by atoms with van der Waals surface area (Å²) in [6.45, 7) is 6.92. The van der Waals surface area contributed by atoms with Crippen molar-refractivity contribution in [2.24, 2.45) is 11.8 Å². The van der Waals surface area contributed by atoms with Gasteiger partial charge < -0.3 is 5.32 Å². The summed E-state index contributed by atoms with van der Waals surface area (Å²) in [5.74, 6) is 2.46. The normalized spacial score (nSPS) is 25.4. The van der Waals surface area contributed by atoms with Gasteiger partial charge >= 0.3 is 0 Å². The van der Waals surface area contributed by atoms with Gasteiger partial charge in [-0.25, -0.2) is 0 Å². The van der Waals surface area contributed by atoms with Crippen LogP contribution in [0.3, 0.4) is 0 Å². The van der Waals surface area contributed by atoms with Crippen molar-refractivity contribution in [3.63, 3.8) is 0 Å². The first-order chi connectivity index (χ1) is 7.77. The van der Waals surface area contributed by atoms with E-state index in [1.54, 1.807) is 5.56 Å². The van der Waals surface area contributed by atoms with Crippen molar-refractivity contribution in [3.05, 3.63) is 22.4 Å². The highest BCUT2D eigenvalue weighted by molar-refractivity contribution is 7.07. The van der Waals surface area contributed by atoms with Crippen molar-refractivity contribution in [1.29, 1.82) is 0 Å². The molecule has 1 aromatic rings. The topological polar surface area (TPSA) is 12.0 Å². The van der Waals surface area contributed by atoms with Gasteiger partial charge in [0.15, 0.2) is 0 Å². The maximum atomic E-state index is 3.62. The molecule has 0 spiro atoms. The zero-order valence-corrected chi connectivity index (χ0v) is 11.2. The van der Waals surface area contributed by atoms with Crippen LogP contribution >= 0.6 is 11.3 Å². The van der Waals surface area contributed by atoms with E-state index in [1.165, 1.54) is 25.8 Å². The third kappa shape index (κ3) is 3.08. The maximum Gasteiger partial charge on any atom is -0.00146 e. The van der Waals surface area contributed by atoms with Gasteiger partial charge in [0.1, 0.15) is 0 Å². The Morgan fingerprint density at radius 2 is 2.31 bits per heavy atom. The molecule has 1 saturated carbocycles. The molecule has 2 rings (SSSR count). The lowest BCUT2D eigenvalue weighted by atomic mass is 9.90. The van der Waals surface area contributed by atoms with Crippen LogP contribution in [0.4, 0.5) is 0 Å². The summed E-state index contributed by atoms with van der Waals surface area (Å²) in [7, 11) is 0. The standard InChI is InChI=1S/C14H23NS/c1-11(2)8-15-9-12-4-3-5-14(12)13-6-7-16-10-13/h6-7,10-12,14-15H,3-5,8-9H2,1-2H3. The Balaban J connectivity index is 1.84. The van der Waals surface area contributed by atoms with Crippen LogP contribution < -0.4 is 5.32 Å². The summed E-state index contributed by atoms with van der Waals surface area (Å²) in [6.07, 6.45) is 4.21. The largest absolute Gasteiger partial charge is 0.316 e. The van der Waals surface area contributed by atoms with Gasteiger partial charge in [0.2, 0.25) is 0 Å². The van der Waals surface area contributed by atoms with Crippen molar-refractivity contribution in [3.8, 4) is 0 Å². The van der Waals surface area contributed by atoms with Gasteiger partial charge in [0.05, 0.1) is 0 Å².